The molecular weight excluding hydrogens is 647 g/mol. The molecule has 3 aliphatic heterocycles. The van der Waals surface area contributed by atoms with Crippen molar-refractivity contribution in [3.05, 3.63) is 117 Å². The summed E-state index contributed by atoms with van der Waals surface area (Å²) < 4.78 is 34.2. The van der Waals surface area contributed by atoms with Crippen molar-refractivity contribution in [1.82, 2.24) is 25.1 Å². The van der Waals surface area contributed by atoms with Crippen LogP contribution in [0.5, 0.6) is 0 Å². The molecule has 0 radical (unpaired) electrons. The van der Waals surface area contributed by atoms with E-state index in [9.17, 15) is 18.4 Å². The van der Waals surface area contributed by atoms with Gasteiger partial charge in [-0.3, -0.25) is 9.78 Å². The average molecular weight is 675 g/mol. The summed E-state index contributed by atoms with van der Waals surface area (Å²) in [6.07, 6.45) is 6.12. The van der Waals surface area contributed by atoms with E-state index in [2.05, 4.69) is 21.6 Å². The highest BCUT2D eigenvalue weighted by Gasteiger charge is 2.65. The smallest absolute Gasteiger partial charge is 0.388 e. The molecule has 1 atom stereocenters. The third-order valence-corrected chi connectivity index (χ3v) is 11.9. The molecule has 2 N–H and O–H groups in total. The molecule has 49 heavy (non-hydrogen) atoms. The first-order chi connectivity index (χ1) is 23.8. The van der Waals surface area contributed by atoms with Crippen molar-refractivity contribution < 1.29 is 18.0 Å². The van der Waals surface area contributed by atoms with Crippen LogP contribution in [0.15, 0.2) is 70.0 Å². The van der Waals surface area contributed by atoms with Gasteiger partial charge >= 0.3 is 5.76 Å². The number of nitrogens with zero attached hydrogens (tertiary/aromatic N) is 4. The van der Waals surface area contributed by atoms with Gasteiger partial charge in [0.25, 0.3) is 11.8 Å². The maximum absolute atomic E-state index is 14.4. The van der Waals surface area contributed by atoms with Crippen LogP contribution in [-0.2, 0) is 24.8 Å². The number of aromatic nitrogens is 4. The number of aryl methyl sites for hydroxylation is 3. The van der Waals surface area contributed by atoms with Crippen LogP contribution < -0.4 is 11.1 Å². The first-order valence-corrected chi connectivity index (χ1v) is 17.3. The van der Waals surface area contributed by atoms with E-state index in [1.807, 2.05) is 17.0 Å². The van der Waals surface area contributed by atoms with Gasteiger partial charge in [-0.15, -0.1) is 16.4 Å². The van der Waals surface area contributed by atoms with Gasteiger partial charge in [0.2, 0.25) is 0 Å². The number of aromatic amines is 1. The van der Waals surface area contributed by atoms with Crippen LogP contribution >= 0.6 is 11.3 Å². The van der Waals surface area contributed by atoms with Crippen LogP contribution in [0.3, 0.4) is 0 Å². The number of amides is 1. The minimum absolute atomic E-state index is 0.0178. The fraction of sp³-hybridized carbons (Fsp3) is 0.270. The highest BCUT2D eigenvalue weighted by Crippen LogP contribution is 2.63. The third-order valence-electron chi connectivity index (χ3n) is 10.8. The minimum atomic E-state index is -0.706. The molecule has 6 aromatic rings. The lowest BCUT2D eigenvalue weighted by Gasteiger charge is -2.37. The SMILES string of the molecule is O=C1c2c(nc(CCc3ccc(F)cc3)c(-c3n[nH]c(=O)o3)c2-c2cc3ccnc(N[C@@H]4CCc5cc(F)ccc54)c3s2)C23CC(CN12)C3. The predicted octanol–water partition coefficient (Wildman–Crippen LogP) is 6.94. The van der Waals surface area contributed by atoms with Crippen molar-refractivity contribution >= 4 is 33.1 Å². The lowest BCUT2D eigenvalue weighted by molar-refractivity contribution is 0.0637. The van der Waals surface area contributed by atoms with Crippen molar-refractivity contribution in [2.24, 2.45) is 5.92 Å². The molecule has 5 aliphatic rings. The molecule has 244 valence electrons. The van der Waals surface area contributed by atoms with Crippen molar-refractivity contribution in [3.8, 4) is 21.9 Å². The Kier molecular flexibility index (Phi) is 6.09. The zero-order valence-corrected chi connectivity index (χ0v) is 26.9. The Morgan fingerprint density at radius 1 is 1.00 bits per heavy atom. The van der Waals surface area contributed by atoms with E-state index in [0.717, 1.165) is 63.0 Å². The van der Waals surface area contributed by atoms with Crippen LogP contribution in [0.4, 0.5) is 14.6 Å². The summed E-state index contributed by atoms with van der Waals surface area (Å²) in [5.74, 6) is -0.0727. The van der Waals surface area contributed by atoms with Gasteiger partial charge in [0.15, 0.2) is 0 Å². The number of hydrogen-bond acceptors (Lipinski definition) is 8. The van der Waals surface area contributed by atoms with E-state index < -0.39 is 11.3 Å². The number of benzene rings is 2. The maximum Gasteiger partial charge on any atom is 0.434 e. The zero-order valence-electron chi connectivity index (χ0n) is 26.1. The van der Waals surface area contributed by atoms with Crippen LogP contribution in [0.1, 0.15) is 63.7 Å². The lowest BCUT2D eigenvalue weighted by Crippen LogP contribution is -2.40. The van der Waals surface area contributed by atoms with E-state index in [1.54, 1.807) is 24.4 Å². The summed E-state index contributed by atoms with van der Waals surface area (Å²) in [5.41, 5.74) is 5.69. The molecule has 7 heterocycles. The molecule has 2 saturated heterocycles. The Bertz CT molecular complexity index is 2410. The highest BCUT2D eigenvalue weighted by atomic mass is 32.1. The molecule has 4 aromatic heterocycles. The Hall–Kier alpha value is -5.23. The molecule has 2 bridgehead atoms. The minimum Gasteiger partial charge on any atom is -0.388 e. The Morgan fingerprint density at radius 3 is 2.65 bits per heavy atom. The number of thiophene rings is 1. The molecule has 0 unspecified atom stereocenters. The van der Waals surface area contributed by atoms with Crippen LogP contribution in [-0.4, -0.2) is 37.5 Å². The second-order valence-corrected chi connectivity index (χ2v) is 14.6. The second-order valence-electron chi connectivity index (χ2n) is 13.6. The van der Waals surface area contributed by atoms with Gasteiger partial charge in [-0.1, -0.05) is 18.2 Å². The number of nitrogens with one attached hydrogen (secondary N) is 2. The monoisotopic (exact) mass is 674 g/mol. The van der Waals surface area contributed by atoms with Crippen molar-refractivity contribution in [3.63, 3.8) is 0 Å². The second kappa shape index (κ2) is 10.4. The molecular formula is C37H28F2N6O3S. The highest BCUT2D eigenvalue weighted by molar-refractivity contribution is 7.23. The molecule has 1 spiro atoms. The Morgan fingerprint density at radius 2 is 1.84 bits per heavy atom. The van der Waals surface area contributed by atoms with Crippen molar-refractivity contribution in [1.29, 1.82) is 0 Å². The van der Waals surface area contributed by atoms with Gasteiger partial charge in [-0.25, -0.2) is 23.7 Å². The number of halogens is 2. The van der Waals surface area contributed by atoms with E-state index in [-0.39, 0.29) is 29.5 Å². The number of fused-ring (bicyclic) bond motifs is 3. The average Bonchev–Trinajstić information content (AvgIpc) is 3.93. The van der Waals surface area contributed by atoms with Gasteiger partial charge in [0, 0.05) is 23.2 Å². The summed E-state index contributed by atoms with van der Waals surface area (Å²) >= 11 is 1.51. The summed E-state index contributed by atoms with van der Waals surface area (Å²) in [6.45, 7) is 0.698. The number of anilines is 1. The molecule has 3 fully saturated rings. The number of carbonyl (C=O) groups excluding carboxylic acids is 1. The van der Waals surface area contributed by atoms with Crippen molar-refractivity contribution in [2.45, 2.75) is 50.1 Å². The molecule has 2 aromatic carbocycles. The number of pyridine rings is 2. The molecule has 11 rings (SSSR count). The number of carbonyl (C=O) groups is 1. The van der Waals surface area contributed by atoms with Crippen LogP contribution in [0.25, 0.3) is 32.0 Å². The fourth-order valence-electron chi connectivity index (χ4n) is 8.59. The normalized spacial score (nSPS) is 21.6. The summed E-state index contributed by atoms with van der Waals surface area (Å²) in [5, 5.41) is 11.2. The number of H-pyrrole nitrogens is 1. The van der Waals surface area contributed by atoms with E-state index >= 15 is 0 Å². The maximum atomic E-state index is 14.4. The van der Waals surface area contributed by atoms with E-state index in [1.165, 1.54) is 29.5 Å². The van der Waals surface area contributed by atoms with E-state index in [0.29, 0.717) is 53.5 Å². The topological polar surface area (TPSA) is 117 Å². The molecule has 1 amide bonds. The molecule has 2 aliphatic carbocycles. The van der Waals surface area contributed by atoms with E-state index in [4.69, 9.17) is 14.4 Å². The van der Waals surface area contributed by atoms with Gasteiger partial charge in [0.05, 0.1) is 38.8 Å². The van der Waals surface area contributed by atoms with Gasteiger partial charge in [-0.2, -0.15) is 0 Å². The molecule has 1 saturated carbocycles. The Balaban J connectivity index is 1.15. The zero-order chi connectivity index (χ0) is 33.0. The molecule has 9 nitrogen and oxygen atoms in total. The predicted molar refractivity (Wildman–Crippen MR) is 179 cm³/mol. The standard InChI is InChI=1S/C37H28F2N6O3S/c38-22-5-1-18(2-6-22)3-9-26-28(34-43-44-36(47)48-34)29(30-32(41-26)37-15-19(16-37)17-45(37)35(30)46)27-14-21-11-12-40-33(31(21)49-27)42-25-10-4-20-13-23(39)7-8-24(20)25/h1-2,5-8,11-14,19,25H,3-4,9-10,15-17H2,(H,40,42)(H,44,47)/t19?,25-,37?/m1/s1. The fourth-order valence-corrected chi connectivity index (χ4v) is 9.76. The first-order valence-electron chi connectivity index (χ1n) is 16.5. The van der Waals surface area contributed by atoms with Crippen LogP contribution in [0, 0.1) is 17.6 Å². The van der Waals surface area contributed by atoms with Gasteiger partial charge < -0.3 is 14.6 Å². The summed E-state index contributed by atoms with van der Waals surface area (Å²) in [4.78, 5) is 39.4. The van der Waals surface area contributed by atoms with Crippen molar-refractivity contribution in [2.75, 3.05) is 11.9 Å². The quantitative estimate of drug-likeness (QED) is 0.189. The van der Waals surface area contributed by atoms with Gasteiger partial charge in [0.1, 0.15) is 17.5 Å². The Labute approximate surface area is 282 Å². The summed E-state index contributed by atoms with van der Waals surface area (Å²) in [7, 11) is 0. The number of rotatable bonds is 7. The lowest BCUT2D eigenvalue weighted by atomic mass is 9.71. The third kappa shape index (κ3) is 4.29. The largest absolute Gasteiger partial charge is 0.434 e. The van der Waals surface area contributed by atoms with Gasteiger partial charge in [-0.05, 0) is 103 Å². The first kappa shape index (κ1) is 28.8. The molecule has 12 heteroatoms. The van der Waals surface area contributed by atoms with Crippen LogP contribution in [0.2, 0.25) is 0 Å². The number of hydrogen-bond donors (Lipinski definition) is 2. The summed E-state index contributed by atoms with van der Waals surface area (Å²) in [6, 6.07) is 15.3.